The Morgan fingerprint density at radius 2 is 1.62 bits per heavy atom. The number of amides is 1. The zero-order valence-corrected chi connectivity index (χ0v) is 19.7. The first-order valence-corrected chi connectivity index (χ1v) is 12.4. The average Bonchev–Trinajstić information content (AvgIpc) is 3.26. The van der Waals surface area contributed by atoms with Crippen LogP contribution in [0.2, 0.25) is 0 Å². The molecule has 3 aromatic carbocycles. The van der Waals surface area contributed by atoms with Gasteiger partial charge in [0.25, 0.3) is 5.91 Å². The van der Waals surface area contributed by atoms with Crippen LogP contribution < -0.4 is 10.1 Å². The molecule has 170 valence electrons. The number of nitrogens with one attached hydrogen (secondary N) is 1. The summed E-state index contributed by atoms with van der Waals surface area (Å²) in [6.07, 6.45) is 6.02. The zero-order valence-electron chi connectivity index (χ0n) is 18.9. The van der Waals surface area contributed by atoms with E-state index < -0.39 is 0 Å². The number of benzene rings is 3. The van der Waals surface area contributed by atoms with Crippen molar-refractivity contribution in [3.05, 3.63) is 112 Å². The van der Waals surface area contributed by atoms with Crippen LogP contribution in [0.3, 0.4) is 0 Å². The van der Waals surface area contributed by atoms with Gasteiger partial charge in [-0.1, -0.05) is 60.7 Å². The Morgan fingerprint density at radius 1 is 0.912 bits per heavy atom. The van der Waals surface area contributed by atoms with E-state index in [-0.39, 0.29) is 5.91 Å². The first-order valence-electron chi connectivity index (χ1n) is 11.6. The molecule has 34 heavy (non-hydrogen) atoms. The molecule has 0 saturated carbocycles. The van der Waals surface area contributed by atoms with Gasteiger partial charge in [0, 0.05) is 22.3 Å². The second kappa shape index (κ2) is 10.5. The Labute approximate surface area is 204 Å². The van der Waals surface area contributed by atoms with E-state index in [0.717, 1.165) is 58.8 Å². The minimum atomic E-state index is -0.0913. The van der Waals surface area contributed by atoms with Crippen molar-refractivity contribution in [2.45, 2.75) is 32.3 Å². The molecule has 0 spiro atoms. The number of carbonyl (C=O) groups excluding carboxylic acids is 1. The van der Waals surface area contributed by atoms with Crippen molar-refractivity contribution in [1.82, 2.24) is 0 Å². The van der Waals surface area contributed by atoms with Crippen LogP contribution in [0, 0.1) is 0 Å². The summed E-state index contributed by atoms with van der Waals surface area (Å²) in [6.45, 7) is 0.490. The van der Waals surface area contributed by atoms with Crippen molar-refractivity contribution >= 4 is 34.1 Å². The fourth-order valence-corrected chi connectivity index (χ4v) is 5.40. The topological polar surface area (TPSA) is 50.7 Å². The van der Waals surface area contributed by atoms with Gasteiger partial charge in [0.2, 0.25) is 0 Å². The smallest absolute Gasteiger partial charge is 0.259 e. The summed E-state index contributed by atoms with van der Waals surface area (Å²) >= 11 is 1.64. The third-order valence-electron chi connectivity index (χ3n) is 5.89. The third-order valence-corrected chi connectivity index (χ3v) is 7.09. The molecular weight excluding hydrogens is 440 g/mol. The van der Waals surface area contributed by atoms with Crippen molar-refractivity contribution < 1.29 is 9.53 Å². The Bertz CT molecular complexity index is 1300. The number of rotatable bonds is 7. The summed E-state index contributed by atoms with van der Waals surface area (Å²) in [5, 5.41) is 3.81. The summed E-state index contributed by atoms with van der Waals surface area (Å²) in [6, 6.07) is 27.6. The lowest BCUT2D eigenvalue weighted by atomic mass is 9.95. The molecule has 0 aliphatic heterocycles. The van der Waals surface area contributed by atoms with Crippen molar-refractivity contribution in [1.29, 1.82) is 0 Å². The summed E-state index contributed by atoms with van der Waals surface area (Å²) in [4.78, 5) is 19.4. The Kier molecular flexibility index (Phi) is 6.82. The fraction of sp³-hybridized carbons (Fsp3) is 0.172. The lowest BCUT2D eigenvalue weighted by Gasteiger charge is -2.12. The molecule has 1 aliphatic carbocycles. The molecular formula is C29H26N2O2S. The molecule has 0 bridgehead atoms. The number of fused-ring (bicyclic) bond motifs is 1. The second-order valence-corrected chi connectivity index (χ2v) is 9.37. The van der Waals surface area contributed by atoms with Crippen molar-refractivity contribution in [2.75, 3.05) is 5.32 Å². The van der Waals surface area contributed by atoms with Gasteiger partial charge in [0.1, 0.15) is 17.4 Å². The van der Waals surface area contributed by atoms with E-state index in [4.69, 9.17) is 9.73 Å². The molecule has 0 saturated heterocycles. The Hall–Kier alpha value is -3.70. The number of thiophene rings is 1. The van der Waals surface area contributed by atoms with Crippen molar-refractivity contribution in [2.24, 2.45) is 4.99 Å². The number of nitrogens with zero attached hydrogens (tertiary/aromatic N) is 1. The highest BCUT2D eigenvalue weighted by Gasteiger charge is 2.25. The maximum absolute atomic E-state index is 13.3. The van der Waals surface area contributed by atoms with Crippen LogP contribution >= 0.6 is 11.3 Å². The minimum absolute atomic E-state index is 0.0913. The number of aryl methyl sites for hydroxylation is 1. The van der Waals surface area contributed by atoms with E-state index in [1.807, 2.05) is 91.1 Å². The number of para-hydroxylation sites is 2. The SMILES string of the molecule is O=C(Nc1ccccc1)c1c(N=Cc2ccccc2OCc2ccccc2)sc2c1CCCC2. The quantitative estimate of drug-likeness (QED) is 0.293. The molecule has 1 aliphatic rings. The van der Waals surface area contributed by atoms with Gasteiger partial charge >= 0.3 is 0 Å². The predicted molar refractivity (Wildman–Crippen MR) is 140 cm³/mol. The largest absolute Gasteiger partial charge is 0.488 e. The number of carbonyl (C=O) groups is 1. The van der Waals surface area contributed by atoms with E-state index in [1.54, 1.807) is 11.3 Å². The third kappa shape index (κ3) is 5.10. The summed E-state index contributed by atoms with van der Waals surface area (Å²) in [7, 11) is 0. The van der Waals surface area contributed by atoms with Gasteiger partial charge in [-0.25, -0.2) is 4.99 Å². The van der Waals surface area contributed by atoms with Crippen molar-refractivity contribution in [3.8, 4) is 5.75 Å². The van der Waals surface area contributed by atoms with Crippen LogP contribution in [-0.4, -0.2) is 12.1 Å². The standard InChI is InChI=1S/C29H26N2O2S/c32-28(31-23-14-5-2-6-15-23)27-24-16-8-10-18-26(24)34-29(27)30-19-22-13-7-9-17-25(22)33-20-21-11-3-1-4-12-21/h1-7,9,11-15,17,19H,8,10,16,18,20H2,(H,31,32). The number of anilines is 1. The van der Waals surface area contributed by atoms with Gasteiger partial charge in [-0.05, 0) is 61.1 Å². The molecule has 0 radical (unpaired) electrons. The van der Waals surface area contributed by atoms with E-state index in [9.17, 15) is 4.79 Å². The molecule has 0 unspecified atom stereocenters. The van der Waals surface area contributed by atoms with Gasteiger partial charge in [0.05, 0.1) is 5.56 Å². The second-order valence-electron chi connectivity index (χ2n) is 8.28. The average molecular weight is 467 g/mol. The van der Waals surface area contributed by atoms with E-state index in [2.05, 4.69) is 5.32 Å². The molecule has 1 heterocycles. The Morgan fingerprint density at radius 3 is 2.44 bits per heavy atom. The predicted octanol–water partition coefficient (Wildman–Crippen LogP) is 7.21. The zero-order chi connectivity index (χ0) is 23.2. The highest BCUT2D eigenvalue weighted by Crippen LogP contribution is 2.40. The molecule has 1 amide bonds. The number of ether oxygens (including phenoxy) is 1. The van der Waals surface area contributed by atoms with Crippen LogP contribution in [0.4, 0.5) is 10.7 Å². The van der Waals surface area contributed by atoms with Crippen LogP contribution in [0.5, 0.6) is 5.75 Å². The molecule has 1 N–H and O–H groups in total. The maximum Gasteiger partial charge on any atom is 0.259 e. The summed E-state index contributed by atoms with van der Waals surface area (Å²) in [5.74, 6) is 0.679. The minimum Gasteiger partial charge on any atom is -0.488 e. The maximum atomic E-state index is 13.3. The van der Waals surface area contributed by atoms with Crippen molar-refractivity contribution in [3.63, 3.8) is 0 Å². The molecule has 0 fully saturated rings. The van der Waals surface area contributed by atoms with Gasteiger partial charge in [0.15, 0.2) is 0 Å². The first-order chi connectivity index (χ1) is 16.8. The number of hydrogen-bond donors (Lipinski definition) is 1. The summed E-state index contributed by atoms with van der Waals surface area (Å²) in [5.41, 5.74) is 4.66. The molecule has 5 heteroatoms. The monoisotopic (exact) mass is 466 g/mol. The molecule has 5 rings (SSSR count). The van der Waals surface area contributed by atoms with Crippen LogP contribution in [0.1, 0.15) is 44.8 Å². The highest BCUT2D eigenvalue weighted by atomic mass is 32.1. The Balaban J connectivity index is 1.42. The van der Waals surface area contributed by atoms with Gasteiger partial charge in [-0.2, -0.15) is 0 Å². The van der Waals surface area contributed by atoms with Gasteiger partial charge in [-0.3, -0.25) is 4.79 Å². The number of hydrogen-bond acceptors (Lipinski definition) is 4. The lowest BCUT2D eigenvalue weighted by Crippen LogP contribution is -2.14. The molecule has 0 atom stereocenters. The highest BCUT2D eigenvalue weighted by molar-refractivity contribution is 7.16. The van der Waals surface area contributed by atoms with Crippen LogP contribution in [0.15, 0.2) is 89.9 Å². The molecule has 4 aromatic rings. The van der Waals surface area contributed by atoms with Crippen LogP contribution in [0.25, 0.3) is 0 Å². The van der Waals surface area contributed by atoms with E-state index >= 15 is 0 Å². The van der Waals surface area contributed by atoms with Gasteiger partial charge in [-0.15, -0.1) is 11.3 Å². The summed E-state index contributed by atoms with van der Waals surface area (Å²) < 4.78 is 6.08. The van der Waals surface area contributed by atoms with E-state index in [1.165, 1.54) is 4.88 Å². The normalized spacial score (nSPS) is 12.9. The number of aliphatic imine (C=N–C) groups is 1. The van der Waals surface area contributed by atoms with E-state index in [0.29, 0.717) is 12.2 Å². The first kappa shape index (κ1) is 22.1. The molecule has 4 nitrogen and oxygen atoms in total. The molecule has 1 aromatic heterocycles. The lowest BCUT2D eigenvalue weighted by molar-refractivity contribution is 0.102. The van der Waals surface area contributed by atoms with Gasteiger partial charge < -0.3 is 10.1 Å². The fourth-order valence-electron chi connectivity index (χ4n) is 4.17. The van der Waals surface area contributed by atoms with Crippen LogP contribution in [-0.2, 0) is 19.4 Å².